The molecule has 2 unspecified atom stereocenters. The number of nitrogens with zero attached hydrogens (tertiary/aromatic N) is 1. The van der Waals surface area contributed by atoms with Crippen LogP contribution in [0.2, 0.25) is 0 Å². The van der Waals surface area contributed by atoms with E-state index >= 15 is 0 Å². The minimum Gasteiger partial charge on any atom is -0.356 e. The van der Waals surface area contributed by atoms with Crippen molar-refractivity contribution >= 4 is 0 Å². The van der Waals surface area contributed by atoms with E-state index in [1.165, 1.54) is 11.4 Å². The maximum Gasteiger partial charge on any atom is 0.104 e. The molecule has 3 rings (SSSR count). The highest BCUT2D eigenvalue weighted by Crippen LogP contribution is 2.18. The molecule has 4 nitrogen and oxygen atoms in total. The molecule has 19 heavy (non-hydrogen) atoms. The summed E-state index contributed by atoms with van der Waals surface area (Å²) in [6, 6.07) is 0.584. The lowest BCUT2D eigenvalue weighted by molar-refractivity contribution is 0.198. The first kappa shape index (κ1) is 12.8. The molecule has 1 saturated heterocycles. The smallest absolute Gasteiger partial charge is 0.104 e. The van der Waals surface area contributed by atoms with Gasteiger partial charge in [0.25, 0.3) is 0 Å². The van der Waals surface area contributed by atoms with Crippen molar-refractivity contribution in [2.75, 3.05) is 26.2 Å². The van der Waals surface area contributed by atoms with E-state index in [2.05, 4.69) is 59.0 Å². The second-order valence-corrected chi connectivity index (χ2v) is 5.86. The first-order valence-electron chi connectivity index (χ1n) is 7.31. The van der Waals surface area contributed by atoms with Crippen molar-refractivity contribution in [1.29, 1.82) is 0 Å². The molecule has 3 heterocycles. The topological polar surface area (TPSA) is 39.3 Å². The number of allylic oxidation sites excluding steroid dienone is 2. The fourth-order valence-electron chi connectivity index (χ4n) is 2.89. The van der Waals surface area contributed by atoms with Gasteiger partial charge in [-0.05, 0) is 17.6 Å². The second kappa shape index (κ2) is 5.39. The minimum atomic E-state index is 0.275. The van der Waals surface area contributed by atoms with Gasteiger partial charge in [-0.2, -0.15) is 0 Å². The second-order valence-electron chi connectivity index (χ2n) is 5.86. The lowest BCUT2D eigenvalue weighted by Crippen LogP contribution is -2.56. The summed E-state index contributed by atoms with van der Waals surface area (Å²) in [4.78, 5) is 2.47. The molecule has 0 aliphatic carbocycles. The third kappa shape index (κ3) is 2.69. The molecule has 2 atom stereocenters. The van der Waals surface area contributed by atoms with Crippen molar-refractivity contribution in [3.63, 3.8) is 0 Å². The molecule has 0 amide bonds. The van der Waals surface area contributed by atoms with Gasteiger partial charge in [0.15, 0.2) is 0 Å². The Morgan fingerprint density at radius 1 is 1.26 bits per heavy atom. The van der Waals surface area contributed by atoms with E-state index in [1.54, 1.807) is 0 Å². The lowest BCUT2D eigenvalue weighted by Gasteiger charge is -2.41. The van der Waals surface area contributed by atoms with E-state index < -0.39 is 0 Å². The van der Waals surface area contributed by atoms with Gasteiger partial charge in [0.1, 0.15) is 12.0 Å². The molecule has 3 aliphatic rings. The molecule has 1 fully saturated rings. The van der Waals surface area contributed by atoms with E-state index in [4.69, 9.17) is 0 Å². The molecule has 104 valence electrons. The molecule has 0 aromatic rings. The molecular weight excluding hydrogens is 236 g/mol. The Morgan fingerprint density at radius 3 is 3.00 bits per heavy atom. The lowest BCUT2D eigenvalue weighted by atomic mass is 10.0. The monoisotopic (exact) mass is 260 g/mol. The van der Waals surface area contributed by atoms with Crippen LogP contribution in [-0.4, -0.2) is 43.3 Å². The normalized spacial score (nSPS) is 30.6. The predicted octanol–water partition coefficient (Wildman–Crippen LogP) is 0.773. The van der Waals surface area contributed by atoms with Crippen LogP contribution in [0.15, 0.2) is 35.7 Å². The van der Waals surface area contributed by atoms with E-state index in [-0.39, 0.29) is 6.17 Å². The Morgan fingerprint density at radius 2 is 2.16 bits per heavy atom. The van der Waals surface area contributed by atoms with Gasteiger partial charge in [-0.3, -0.25) is 5.32 Å². The highest BCUT2D eigenvalue weighted by Gasteiger charge is 2.26. The Hall–Kier alpha value is -1.26. The van der Waals surface area contributed by atoms with Crippen molar-refractivity contribution in [3.05, 3.63) is 35.7 Å². The fourth-order valence-corrected chi connectivity index (χ4v) is 2.89. The third-order valence-electron chi connectivity index (χ3n) is 4.16. The largest absolute Gasteiger partial charge is 0.356 e. The van der Waals surface area contributed by atoms with Crippen LogP contribution in [0.1, 0.15) is 13.8 Å². The predicted molar refractivity (Wildman–Crippen MR) is 78.4 cm³/mol. The zero-order chi connectivity index (χ0) is 13.2. The van der Waals surface area contributed by atoms with Crippen molar-refractivity contribution in [2.24, 2.45) is 5.92 Å². The molecular formula is C15H24N4. The van der Waals surface area contributed by atoms with Crippen molar-refractivity contribution in [3.8, 4) is 0 Å². The van der Waals surface area contributed by atoms with Gasteiger partial charge in [0.05, 0.1) is 0 Å². The van der Waals surface area contributed by atoms with E-state index in [1.807, 2.05) is 0 Å². The Kier molecular flexibility index (Phi) is 3.62. The average Bonchev–Trinajstić information content (AvgIpc) is 2.47. The SMILES string of the molecule is CC(C)C1CN(C2=CC=C3C=CCNC3N2)CCN1. The first-order chi connectivity index (χ1) is 9.24. The van der Waals surface area contributed by atoms with Gasteiger partial charge < -0.3 is 15.5 Å². The van der Waals surface area contributed by atoms with Gasteiger partial charge in [-0.25, -0.2) is 0 Å². The number of rotatable bonds is 2. The van der Waals surface area contributed by atoms with E-state index in [0.717, 1.165) is 26.2 Å². The summed E-state index contributed by atoms with van der Waals surface area (Å²) in [6.45, 7) is 8.75. The summed E-state index contributed by atoms with van der Waals surface area (Å²) in [5.41, 5.74) is 1.32. The van der Waals surface area contributed by atoms with Crippen LogP contribution in [0, 0.1) is 5.92 Å². The third-order valence-corrected chi connectivity index (χ3v) is 4.16. The van der Waals surface area contributed by atoms with Gasteiger partial charge in [-0.1, -0.05) is 32.1 Å². The maximum absolute atomic E-state index is 3.61. The fraction of sp³-hybridized carbons (Fsp3) is 0.600. The summed E-state index contributed by atoms with van der Waals surface area (Å²) >= 11 is 0. The Bertz CT molecular complexity index is 422. The highest BCUT2D eigenvalue weighted by atomic mass is 15.3. The van der Waals surface area contributed by atoms with Crippen LogP contribution in [0.4, 0.5) is 0 Å². The van der Waals surface area contributed by atoms with E-state index in [9.17, 15) is 0 Å². The summed E-state index contributed by atoms with van der Waals surface area (Å²) in [5.74, 6) is 1.93. The molecule has 3 aliphatic heterocycles. The Labute approximate surface area is 115 Å². The van der Waals surface area contributed by atoms with Crippen LogP contribution in [-0.2, 0) is 0 Å². The van der Waals surface area contributed by atoms with Gasteiger partial charge in [-0.15, -0.1) is 0 Å². The van der Waals surface area contributed by atoms with Crippen molar-refractivity contribution < 1.29 is 0 Å². The number of nitrogens with one attached hydrogen (secondary N) is 3. The quantitative estimate of drug-likeness (QED) is 0.686. The molecule has 0 radical (unpaired) electrons. The van der Waals surface area contributed by atoms with Crippen LogP contribution in [0.5, 0.6) is 0 Å². The van der Waals surface area contributed by atoms with Crippen LogP contribution in [0.3, 0.4) is 0 Å². The molecule has 0 saturated carbocycles. The van der Waals surface area contributed by atoms with Crippen LogP contribution in [0.25, 0.3) is 0 Å². The molecule has 0 spiro atoms. The molecule has 3 N–H and O–H groups in total. The number of fused-ring (bicyclic) bond motifs is 1. The maximum atomic E-state index is 3.61. The summed E-state index contributed by atoms with van der Waals surface area (Å²) in [7, 11) is 0. The number of piperazine rings is 1. The molecule has 0 aromatic carbocycles. The van der Waals surface area contributed by atoms with Gasteiger partial charge in [0.2, 0.25) is 0 Å². The van der Waals surface area contributed by atoms with E-state index in [0.29, 0.717) is 12.0 Å². The molecule has 4 heteroatoms. The highest BCUT2D eigenvalue weighted by molar-refractivity contribution is 5.36. The summed E-state index contributed by atoms with van der Waals surface area (Å²) in [5, 5.41) is 10.7. The van der Waals surface area contributed by atoms with Gasteiger partial charge >= 0.3 is 0 Å². The molecule has 0 aromatic heterocycles. The number of hydrogen-bond donors (Lipinski definition) is 3. The van der Waals surface area contributed by atoms with Gasteiger partial charge in [0, 0.05) is 32.2 Å². The Balaban J connectivity index is 1.71. The average molecular weight is 260 g/mol. The first-order valence-corrected chi connectivity index (χ1v) is 7.31. The molecule has 0 bridgehead atoms. The number of dihydropyridines is 1. The zero-order valence-electron chi connectivity index (χ0n) is 11.8. The van der Waals surface area contributed by atoms with Crippen LogP contribution >= 0.6 is 0 Å². The number of hydrogen-bond acceptors (Lipinski definition) is 4. The van der Waals surface area contributed by atoms with Crippen LogP contribution < -0.4 is 16.0 Å². The summed E-state index contributed by atoms with van der Waals surface area (Å²) < 4.78 is 0. The zero-order valence-corrected chi connectivity index (χ0v) is 11.8. The van der Waals surface area contributed by atoms with Crippen molar-refractivity contribution in [1.82, 2.24) is 20.9 Å². The summed E-state index contributed by atoms with van der Waals surface area (Å²) in [6.07, 6.45) is 9.09. The van der Waals surface area contributed by atoms with Crippen molar-refractivity contribution in [2.45, 2.75) is 26.1 Å². The standard InChI is InChI=1S/C15H24N4/c1-11(2)13-10-19(9-8-16-13)14-6-5-12-4-3-7-17-15(12)18-14/h3-6,11,13,15-18H,7-10H2,1-2H3. The minimum absolute atomic E-state index is 0.275.